The average Bonchev–Trinajstić information content (AvgIpc) is 0.768. The first kappa shape index (κ1) is 87.6. The number of aromatic nitrogens is 4. The zero-order valence-electron chi connectivity index (χ0n) is 63.0. The number of carboxylic acids is 1. The number of halogens is 4. The minimum Gasteiger partial charge on any atom is -0.477 e. The number of nitrogens with two attached hydrogens (primary N) is 4. The highest BCUT2D eigenvalue weighted by molar-refractivity contribution is 7.75. The maximum atomic E-state index is 12.5. The number of hydrogen-bond donors (Lipinski definition) is 6. The summed E-state index contributed by atoms with van der Waals surface area (Å²) < 4.78 is 41.8. The fourth-order valence-corrected chi connectivity index (χ4v) is 13.0. The molecule has 0 unspecified atom stereocenters. The fraction of sp³-hybridized carbons (Fsp3) is 0.263. The van der Waals surface area contributed by atoms with Crippen molar-refractivity contribution in [1.29, 1.82) is 0 Å². The molecule has 0 saturated carbocycles. The smallest absolute Gasteiger partial charge is 0.367 e. The molecule has 10 aromatic rings. The second kappa shape index (κ2) is 41.1. The van der Waals surface area contributed by atoms with Crippen LogP contribution >= 0.6 is 23.2 Å². The number of hydrogen-bond acceptors (Lipinski definition) is 27. The number of amides is 3. The lowest BCUT2D eigenvalue weighted by atomic mass is 10.1. The second-order valence-electron chi connectivity index (χ2n) is 26.5. The predicted molar refractivity (Wildman–Crippen MR) is 436 cm³/mol. The summed E-state index contributed by atoms with van der Waals surface area (Å²) in [7, 11) is 8.42. The number of fused-ring (bicyclic) bond motifs is 2. The topological polar surface area (TPSA) is 464 Å². The standard InChI is InChI=1S/C19H18Cl2N4.C19H20N4O.C12H16N4O3.C12H18N4O.C7H5FN2O3.C7H4FNO4.O4S/c1-24-9-11-25(12-10-24)15-8-7-14-16(17(15)20)18(21)23-19(22-14)13-5-3-2-4-6-13;1-22-9-11-23(12-10-22)15-7-8-17-16(13-15)19(24)21-18(20-17)14-5-3-2-4-6-14;1-14-4-6-15(7-5-14)9-2-3-11(16(18)19)10(8-9)12(13)17;1-15-4-6-16(7-5-15)9-2-3-11(13)10(8-9)12(14)17;8-4-1-2-6(10(12)13)5(3-4)7(9)11;8-4-1-2-6(9(12)13)5(3-4)7(10)11;1-5-3-2-4-5/h2-8H,9-12H2,1H3;2-8,13H,9-12H2,1H3,(H,20,21,24);2-3,8H,4-7H2,1H3,(H2,13,17);2-3,8H,4-7,13H2,1H3,(H2,14,17);1-3H,(H2,9,11);1-3H,(H,10,11);. The Labute approximate surface area is 674 Å². The van der Waals surface area contributed by atoms with Crippen LogP contribution in [0.25, 0.3) is 44.6 Å². The van der Waals surface area contributed by atoms with Gasteiger partial charge in [-0.05, 0) is 118 Å². The van der Waals surface area contributed by atoms with Crippen LogP contribution in [0.2, 0.25) is 10.2 Å². The highest BCUT2D eigenvalue weighted by Gasteiger charge is 2.26. The van der Waals surface area contributed by atoms with Crippen LogP contribution in [0.3, 0.4) is 0 Å². The molecule has 7 heterocycles. The van der Waals surface area contributed by atoms with Gasteiger partial charge in [-0.3, -0.25) is 49.5 Å². The van der Waals surface area contributed by atoms with E-state index in [0.717, 1.165) is 185 Å². The number of rotatable bonds is 13. The van der Waals surface area contributed by atoms with Gasteiger partial charge in [-0.15, -0.1) is 0 Å². The van der Waals surface area contributed by atoms with E-state index in [9.17, 15) is 67.3 Å². The third-order valence-electron chi connectivity index (χ3n) is 18.7. The van der Waals surface area contributed by atoms with Gasteiger partial charge in [0.15, 0.2) is 5.82 Å². The fourth-order valence-electron chi connectivity index (χ4n) is 12.2. The summed E-state index contributed by atoms with van der Waals surface area (Å²) in [6, 6.07) is 44.3. The molecule has 0 bridgehead atoms. The van der Waals surface area contributed by atoms with Crippen molar-refractivity contribution in [2.75, 3.05) is 158 Å². The molecule has 5 fully saturated rings. The maximum Gasteiger partial charge on any atom is 0.367 e. The summed E-state index contributed by atoms with van der Waals surface area (Å²) in [6.45, 7) is 15.4. The van der Waals surface area contributed by atoms with E-state index in [1.54, 1.807) is 18.2 Å². The van der Waals surface area contributed by atoms with Crippen molar-refractivity contribution in [3.63, 3.8) is 0 Å². The summed E-state index contributed by atoms with van der Waals surface area (Å²) in [4.78, 5) is 120. The molecule has 5 saturated heterocycles. The summed E-state index contributed by atoms with van der Waals surface area (Å²) in [5.41, 5.74) is 26.6. The van der Waals surface area contributed by atoms with Crippen LogP contribution in [-0.4, -0.2) is 220 Å². The summed E-state index contributed by atoms with van der Waals surface area (Å²) in [5, 5.41) is 45.8. The largest absolute Gasteiger partial charge is 0.477 e. The quantitative estimate of drug-likeness (QED) is 0.0206. The first-order valence-electron chi connectivity index (χ1n) is 35.5. The number of carbonyl (C=O) groups is 4. The van der Waals surface area contributed by atoms with Gasteiger partial charge in [0.05, 0.1) is 52.8 Å². The number of nitrogen functional groups attached to an aromatic ring is 1. The van der Waals surface area contributed by atoms with Gasteiger partial charge in [0, 0.05) is 157 Å². The van der Waals surface area contributed by atoms with E-state index in [2.05, 4.69) is 100 Å². The first-order valence-corrected chi connectivity index (χ1v) is 37.3. The molecular weight excluding hydrogens is 1580 g/mol. The number of carboxylic acid groups (broad SMARTS) is 1. The Kier molecular flexibility index (Phi) is 31.0. The number of nitrogens with zero attached hydrogens (tertiary/aromatic N) is 14. The lowest BCUT2D eigenvalue weighted by Crippen LogP contribution is -2.44. The van der Waals surface area contributed by atoms with Gasteiger partial charge in [-0.1, -0.05) is 92.5 Å². The summed E-state index contributed by atoms with van der Waals surface area (Å²) in [5.74, 6) is -4.12. The van der Waals surface area contributed by atoms with Gasteiger partial charge in [-0.2, -0.15) is 4.21 Å². The number of piperazine rings is 4. The van der Waals surface area contributed by atoms with Crippen molar-refractivity contribution in [3.05, 3.63) is 249 Å². The van der Waals surface area contributed by atoms with E-state index in [1.165, 1.54) is 12.1 Å². The Morgan fingerprint density at radius 1 is 0.491 bits per heavy atom. The second-order valence-corrected chi connectivity index (χ2v) is 27.9. The molecule has 116 heavy (non-hydrogen) atoms. The van der Waals surface area contributed by atoms with Crippen molar-refractivity contribution in [1.82, 2.24) is 39.5 Å². The molecule has 2 aromatic heterocycles. The van der Waals surface area contributed by atoms with Crippen LogP contribution in [0.4, 0.5) is 54.3 Å². The van der Waals surface area contributed by atoms with Gasteiger partial charge >= 0.3 is 17.3 Å². The lowest BCUT2D eigenvalue weighted by molar-refractivity contribution is -0.469. The molecule has 10 N–H and O–H groups in total. The molecule has 35 nitrogen and oxygen atoms in total. The Morgan fingerprint density at radius 2 is 0.879 bits per heavy atom. The minimum absolute atomic E-state index is 0.0403. The number of aromatic amines is 1. The molecule has 610 valence electrons. The molecule has 40 heteroatoms. The summed E-state index contributed by atoms with van der Waals surface area (Å²) in [6.07, 6.45) is 0. The SMILES string of the molecule is CN1CCN(c2ccc(N)c(C(N)=O)c2)CC1.CN1CCN(c2ccc([N+](=O)[O-])c(C(N)=O)c2)CC1.CN1CCN(c2ccc3nc(-c4ccccc4)[nH]c(=O)c3c2)CC1.CN1CCN(c2ccc3nc(-c4ccccc4)nc(Cl)c3c2Cl)CC1.NC(=O)c1cc(F)ccc1[N+](=O)[O-].O=C(O)c1cc(F)ccc1[N+](=O)[O-].O=S1OOO1. The van der Waals surface area contributed by atoms with Crippen LogP contribution < -0.4 is 48.1 Å². The Balaban J connectivity index is 0.000000160. The third kappa shape index (κ3) is 23.9. The lowest BCUT2D eigenvalue weighted by Gasteiger charge is -2.34. The number of primary amides is 3. The molecule has 0 radical (unpaired) electrons. The zero-order valence-corrected chi connectivity index (χ0v) is 65.3. The highest BCUT2D eigenvalue weighted by Crippen LogP contribution is 2.38. The molecular formula is C76H81Cl2F2N19O16S. The molecule has 5 aliphatic rings. The zero-order chi connectivity index (χ0) is 84.0. The van der Waals surface area contributed by atoms with Gasteiger partial charge in [0.25, 0.3) is 40.3 Å². The minimum atomic E-state index is -1.61. The van der Waals surface area contributed by atoms with E-state index >= 15 is 0 Å². The van der Waals surface area contributed by atoms with Gasteiger partial charge < -0.3 is 72.2 Å². The maximum absolute atomic E-state index is 12.5. The van der Waals surface area contributed by atoms with Crippen molar-refractivity contribution in [2.45, 2.75) is 0 Å². The number of aromatic carboxylic acids is 1. The Hall–Kier alpha value is -12.4. The van der Waals surface area contributed by atoms with Crippen molar-refractivity contribution >= 4 is 126 Å². The Morgan fingerprint density at radius 3 is 1.32 bits per heavy atom. The third-order valence-corrected chi connectivity index (χ3v) is 19.7. The van der Waals surface area contributed by atoms with E-state index < -0.39 is 84.0 Å². The van der Waals surface area contributed by atoms with E-state index in [0.29, 0.717) is 44.5 Å². The van der Waals surface area contributed by atoms with Gasteiger partial charge in [0.1, 0.15) is 39.3 Å². The molecule has 5 aliphatic heterocycles. The van der Waals surface area contributed by atoms with E-state index in [-0.39, 0.29) is 16.8 Å². The number of anilines is 5. The molecule has 0 atom stereocenters. The monoisotopic (exact) mass is 1660 g/mol. The van der Waals surface area contributed by atoms with Crippen LogP contribution in [0.15, 0.2) is 169 Å². The van der Waals surface area contributed by atoms with E-state index in [4.69, 9.17) is 51.2 Å². The predicted octanol–water partition coefficient (Wildman–Crippen LogP) is 8.99. The van der Waals surface area contributed by atoms with Gasteiger partial charge in [-0.25, -0.2) is 28.5 Å². The molecule has 0 aliphatic carbocycles. The molecule has 15 rings (SSSR count). The average molecular weight is 1660 g/mol. The number of nitro groups is 3. The number of likely N-dealkylation sites (N-methyl/N-ethyl adjacent to an activating group) is 4. The van der Waals surface area contributed by atoms with Gasteiger partial charge in [0.2, 0.25) is 0 Å². The van der Waals surface area contributed by atoms with Crippen LogP contribution in [0, 0.1) is 42.0 Å². The summed E-state index contributed by atoms with van der Waals surface area (Å²) >= 11 is 11.6. The van der Waals surface area contributed by atoms with E-state index in [1.807, 2.05) is 98.0 Å². The normalized spacial score (nSPS) is 15.1. The molecule has 8 aromatic carbocycles. The molecule has 3 amide bonds. The number of H-pyrrole nitrogens is 1. The first-order chi connectivity index (χ1) is 55.3. The van der Waals surface area contributed by atoms with Crippen molar-refractivity contribution < 1.29 is 65.8 Å². The van der Waals surface area contributed by atoms with Crippen molar-refractivity contribution in [3.8, 4) is 22.8 Å². The number of benzene rings is 8. The van der Waals surface area contributed by atoms with Crippen LogP contribution in [0.5, 0.6) is 0 Å². The van der Waals surface area contributed by atoms with Crippen LogP contribution in [-0.2, 0) is 25.1 Å². The number of carbonyl (C=O) groups excluding carboxylic acids is 3. The van der Waals surface area contributed by atoms with Crippen LogP contribution in [0.1, 0.15) is 41.4 Å². The highest BCUT2D eigenvalue weighted by atomic mass is 35.5. The number of nitro benzene ring substituents is 3. The van der Waals surface area contributed by atoms with Crippen molar-refractivity contribution in [2.24, 2.45) is 17.2 Å². The Bertz CT molecular complexity index is 5220. The molecule has 0 spiro atoms. The number of nitrogens with one attached hydrogen (secondary N) is 1.